The first-order valence-corrected chi connectivity index (χ1v) is 7.03. The molecule has 5 nitrogen and oxygen atoms in total. The van der Waals surface area contributed by atoms with E-state index in [-0.39, 0.29) is 5.91 Å². The number of hydrogen-bond acceptors (Lipinski definition) is 2. The number of carbonyl (C=O) groups excluding carboxylic acids is 2. The van der Waals surface area contributed by atoms with Crippen molar-refractivity contribution < 1.29 is 9.59 Å². The summed E-state index contributed by atoms with van der Waals surface area (Å²) in [6.07, 6.45) is 0. The Kier molecular flexibility index (Phi) is 4.78. The molecule has 0 aliphatic heterocycles. The normalized spacial score (nSPS) is 10.3. The number of amides is 3. The van der Waals surface area contributed by atoms with Gasteiger partial charge in [-0.3, -0.25) is 4.79 Å². The molecule has 2 aromatic rings. The lowest BCUT2D eigenvalue weighted by molar-refractivity contribution is 0.102. The van der Waals surface area contributed by atoms with E-state index < -0.39 is 6.03 Å². The topological polar surface area (TPSA) is 84.2 Å². The summed E-state index contributed by atoms with van der Waals surface area (Å²) in [7, 11) is 0. The minimum absolute atomic E-state index is 0.206. The maximum atomic E-state index is 12.1. The van der Waals surface area contributed by atoms with Crippen LogP contribution in [0.2, 0.25) is 0 Å². The number of carbonyl (C=O) groups is 2. The molecule has 0 radical (unpaired) electrons. The van der Waals surface area contributed by atoms with Crippen LogP contribution in [0.25, 0.3) is 0 Å². The van der Waals surface area contributed by atoms with Gasteiger partial charge in [-0.2, -0.15) is 0 Å². The zero-order valence-electron chi connectivity index (χ0n) is 12.6. The van der Waals surface area contributed by atoms with Crippen molar-refractivity contribution in [2.45, 2.75) is 19.8 Å². The van der Waals surface area contributed by atoms with Crippen molar-refractivity contribution in [1.82, 2.24) is 0 Å². The van der Waals surface area contributed by atoms with E-state index in [2.05, 4.69) is 24.5 Å². The molecular weight excluding hydrogens is 278 g/mol. The number of primary amides is 1. The fraction of sp³-hybridized carbons (Fsp3) is 0.176. The smallest absolute Gasteiger partial charge is 0.316 e. The van der Waals surface area contributed by atoms with E-state index in [1.54, 1.807) is 24.3 Å². The van der Waals surface area contributed by atoms with Crippen LogP contribution in [-0.4, -0.2) is 11.9 Å². The molecule has 5 heteroatoms. The first-order chi connectivity index (χ1) is 10.5. The van der Waals surface area contributed by atoms with Crippen LogP contribution in [0.15, 0.2) is 48.5 Å². The van der Waals surface area contributed by atoms with Gasteiger partial charge in [0, 0.05) is 16.9 Å². The van der Waals surface area contributed by atoms with Gasteiger partial charge in [0.2, 0.25) is 0 Å². The van der Waals surface area contributed by atoms with Crippen LogP contribution in [0.3, 0.4) is 0 Å². The molecule has 0 aliphatic rings. The molecule has 0 saturated heterocycles. The second-order valence-electron chi connectivity index (χ2n) is 5.30. The first kappa shape index (κ1) is 15.6. The third-order valence-corrected chi connectivity index (χ3v) is 3.25. The Labute approximate surface area is 129 Å². The molecule has 2 aromatic carbocycles. The van der Waals surface area contributed by atoms with Crippen LogP contribution in [0.4, 0.5) is 16.2 Å². The number of nitrogens with one attached hydrogen (secondary N) is 2. The zero-order chi connectivity index (χ0) is 16.1. The van der Waals surface area contributed by atoms with Crippen LogP contribution in [0.1, 0.15) is 35.7 Å². The maximum Gasteiger partial charge on any atom is 0.316 e. The van der Waals surface area contributed by atoms with E-state index in [1.165, 1.54) is 5.56 Å². The average molecular weight is 297 g/mol. The first-order valence-electron chi connectivity index (χ1n) is 7.03. The predicted octanol–water partition coefficient (Wildman–Crippen LogP) is 3.55. The van der Waals surface area contributed by atoms with E-state index in [0.29, 0.717) is 17.2 Å². The van der Waals surface area contributed by atoms with Crippen molar-refractivity contribution in [3.63, 3.8) is 0 Å². The molecule has 0 saturated carbocycles. The SMILES string of the molecule is CC(C)c1ccc(NC(=O)c2ccc(NC(N)=O)cc2)cc1. The number of benzene rings is 2. The molecule has 0 aliphatic carbocycles. The molecule has 0 aromatic heterocycles. The van der Waals surface area contributed by atoms with Crippen LogP contribution in [0.5, 0.6) is 0 Å². The van der Waals surface area contributed by atoms with Crippen molar-refractivity contribution in [2.24, 2.45) is 5.73 Å². The Morgan fingerprint density at radius 1 is 0.864 bits per heavy atom. The Morgan fingerprint density at radius 3 is 1.86 bits per heavy atom. The third-order valence-electron chi connectivity index (χ3n) is 3.25. The van der Waals surface area contributed by atoms with E-state index in [9.17, 15) is 9.59 Å². The summed E-state index contributed by atoms with van der Waals surface area (Å²) in [4.78, 5) is 22.9. The Bertz CT molecular complexity index is 661. The third kappa shape index (κ3) is 4.09. The highest BCUT2D eigenvalue weighted by Gasteiger charge is 2.07. The standard InChI is InChI=1S/C17H19N3O2/c1-11(2)12-3-7-14(8-4-12)19-16(21)13-5-9-15(10-6-13)20-17(18)22/h3-11H,1-2H3,(H,19,21)(H3,18,20,22). The highest BCUT2D eigenvalue weighted by molar-refractivity contribution is 6.04. The van der Waals surface area contributed by atoms with Gasteiger partial charge in [0.15, 0.2) is 0 Å². The summed E-state index contributed by atoms with van der Waals surface area (Å²) in [5, 5.41) is 5.28. The molecule has 0 fully saturated rings. The molecule has 114 valence electrons. The minimum atomic E-state index is -0.637. The van der Waals surface area contributed by atoms with E-state index in [1.807, 2.05) is 24.3 Å². The van der Waals surface area contributed by atoms with Crippen LogP contribution >= 0.6 is 0 Å². The number of urea groups is 1. The van der Waals surface area contributed by atoms with Crippen molar-refractivity contribution in [2.75, 3.05) is 10.6 Å². The van der Waals surface area contributed by atoms with Gasteiger partial charge >= 0.3 is 6.03 Å². The number of hydrogen-bond donors (Lipinski definition) is 3. The molecule has 0 unspecified atom stereocenters. The van der Waals surface area contributed by atoms with Crippen molar-refractivity contribution in [3.05, 3.63) is 59.7 Å². The van der Waals surface area contributed by atoms with Crippen LogP contribution < -0.4 is 16.4 Å². The quantitative estimate of drug-likeness (QED) is 0.806. The maximum absolute atomic E-state index is 12.1. The molecule has 22 heavy (non-hydrogen) atoms. The van der Waals surface area contributed by atoms with Crippen LogP contribution in [-0.2, 0) is 0 Å². The second-order valence-corrected chi connectivity index (χ2v) is 5.30. The summed E-state index contributed by atoms with van der Waals surface area (Å²) in [6.45, 7) is 4.24. The zero-order valence-corrected chi connectivity index (χ0v) is 12.6. The van der Waals surface area contributed by atoms with E-state index in [4.69, 9.17) is 5.73 Å². The van der Waals surface area contributed by atoms with Crippen molar-refractivity contribution in [3.8, 4) is 0 Å². The number of nitrogens with two attached hydrogens (primary N) is 1. The van der Waals surface area contributed by atoms with Gasteiger partial charge in [0.25, 0.3) is 5.91 Å². The summed E-state index contributed by atoms with van der Waals surface area (Å²) in [5.74, 6) is 0.248. The van der Waals surface area contributed by atoms with Gasteiger partial charge < -0.3 is 16.4 Å². The summed E-state index contributed by atoms with van der Waals surface area (Å²) >= 11 is 0. The van der Waals surface area contributed by atoms with Gasteiger partial charge in [0.1, 0.15) is 0 Å². The second kappa shape index (κ2) is 6.76. The molecule has 3 amide bonds. The highest BCUT2D eigenvalue weighted by atomic mass is 16.2. The molecule has 0 spiro atoms. The summed E-state index contributed by atoms with van der Waals surface area (Å²) in [5.41, 5.74) is 8.04. The lowest BCUT2D eigenvalue weighted by Crippen LogP contribution is -2.19. The van der Waals surface area contributed by atoms with Crippen LogP contribution in [0, 0.1) is 0 Å². The lowest BCUT2D eigenvalue weighted by Gasteiger charge is -2.09. The largest absolute Gasteiger partial charge is 0.351 e. The van der Waals surface area contributed by atoms with Gasteiger partial charge in [-0.1, -0.05) is 26.0 Å². The van der Waals surface area contributed by atoms with E-state index in [0.717, 1.165) is 5.69 Å². The molecule has 0 atom stereocenters. The summed E-state index contributed by atoms with van der Waals surface area (Å²) in [6, 6.07) is 13.6. The highest BCUT2D eigenvalue weighted by Crippen LogP contribution is 2.18. The molecule has 0 bridgehead atoms. The minimum Gasteiger partial charge on any atom is -0.351 e. The Morgan fingerprint density at radius 2 is 1.36 bits per heavy atom. The molecular formula is C17H19N3O2. The van der Waals surface area contributed by atoms with E-state index >= 15 is 0 Å². The Balaban J connectivity index is 2.03. The fourth-order valence-corrected chi connectivity index (χ4v) is 2.00. The van der Waals surface area contributed by atoms with Gasteiger partial charge in [-0.05, 0) is 47.9 Å². The monoisotopic (exact) mass is 297 g/mol. The lowest BCUT2D eigenvalue weighted by atomic mass is 10.0. The summed E-state index contributed by atoms with van der Waals surface area (Å²) < 4.78 is 0. The van der Waals surface area contributed by atoms with Gasteiger partial charge in [-0.15, -0.1) is 0 Å². The van der Waals surface area contributed by atoms with Gasteiger partial charge in [-0.25, -0.2) is 4.79 Å². The number of anilines is 2. The van der Waals surface area contributed by atoms with Crippen molar-refractivity contribution >= 4 is 23.3 Å². The Hall–Kier alpha value is -2.82. The van der Waals surface area contributed by atoms with Crippen molar-refractivity contribution in [1.29, 1.82) is 0 Å². The molecule has 4 N–H and O–H groups in total. The molecule has 2 rings (SSSR count). The van der Waals surface area contributed by atoms with Gasteiger partial charge in [0.05, 0.1) is 0 Å². The number of rotatable bonds is 4. The predicted molar refractivity (Wildman–Crippen MR) is 88.1 cm³/mol. The fourth-order valence-electron chi connectivity index (χ4n) is 2.00. The average Bonchev–Trinajstić information content (AvgIpc) is 2.48. The molecule has 0 heterocycles.